The molecule has 0 fully saturated rings. The van der Waals surface area contributed by atoms with Crippen LogP contribution in [0, 0.1) is 10.1 Å². The third kappa shape index (κ3) is 5.82. The fourth-order valence-electron chi connectivity index (χ4n) is 2.06. The van der Waals surface area contributed by atoms with Crippen molar-refractivity contribution in [2.45, 2.75) is 12.8 Å². The van der Waals surface area contributed by atoms with Crippen LogP contribution in [0.3, 0.4) is 0 Å². The lowest BCUT2D eigenvalue weighted by Crippen LogP contribution is -2.17. The molecule has 0 aliphatic carbocycles. The Labute approximate surface area is 148 Å². The van der Waals surface area contributed by atoms with Gasteiger partial charge in [0.25, 0.3) is 5.69 Å². The number of nitro benzene ring substituents is 1. The Morgan fingerprint density at radius 3 is 2.42 bits per heavy atom. The number of anilines is 1. The molecule has 0 heterocycles. The van der Waals surface area contributed by atoms with E-state index in [2.05, 4.69) is 5.32 Å². The molecule has 0 aromatic heterocycles. The maximum absolute atomic E-state index is 11.9. The third-order valence-electron chi connectivity index (χ3n) is 3.36. The first-order valence-electron chi connectivity index (χ1n) is 7.74. The molecular weight excluding hydrogens is 340 g/mol. The minimum atomic E-state index is -0.702. The van der Waals surface area contributed by atoms with Crippen molar-refractivity contribution < 1.29 is 24.0 Å². The summed E-state index contributed by atoms with van der Waals surface area (Å²) in [5, 5.41) is 13.3. The van der Waals surface area contributed by atoms with E-state index in [-0.39, 0.29) is 30.0 Å². The number of ketones is 1. The molecule has 0 saturated heterocycles. The Bertz CT molecular complexity index is 819. The number of benzene rings is 2. The van der Waals surface area contributed by atoms with Crippen LogP contribution in [0.2, 0.25) is 0 Å². The van der Waals surface area contributed by atoms with E-state index in [1.807, 2.05) is 6.07 Å². The van der Waals surface area contributed by atoms with E-state index in [0.717, 1.165) is 6.07 Å². The Hall–Kier alpha value is -3.55. The van der Waals surface area contributed by atoms with Gasteiger partial charge in [-0.3, -0.25) is 24.5 Å². The van der Waals surface area contributed by atoms with Crippen molar-refractivity contribution in [2.24, 2.45) is 0 Å². The molecule has 8 heteroatoms. The zero-order valence-corrected chi connectivity index (χ0v) is 13.7. The van der Waals surface area contributed by atoms with Gasteiger partial charge < -0.3 is 10.1 Å². The highest BCUT2D eigenvalue weighted by atomic mass is 16.6. The van der Waals surface area contributed by atoms with E-state index >= 15 is 0 Å². The minimum Gasteiger partial charge on any atom is -0.457 e. The number of nitrogens with one attached hydrogen (secondary N) is 1. The zero-order valence-electron chi connectivity index (χ0n) is 13.7. The fourth-order valence-corrected chi connectivity index (χ4v) is 2.06. The lowest BCUT2D eigenvalue weighted by molar-refractivity contribution is -0.384. The molecule has 2 aromatic rings. The van der Waals surface area contributed by atoms with Gasteiger partial charge >= 0.3 is 5.97 Å². The third-order valence-corrected chi connectivity index (χ3v) is 3.36. The number of nitrogens with zero attached hydrogens (tertiary/aromatic N) is 1. The predicted molar refractivity (Wildman–Crippen MR) is 92.7 cm³/mol. The van der Waals surface area contributed by atoms with Crippen molar-refractivity contribution in [2.75, 3.05) is 11.9 Å². The van der Waals surface area contributed by atoms with Crippen LogP contribution in [0.5, 0.6) is 0 Å². The number of non-ortho nitro benzene ring substituents is 1. The Morgan fingerprint density at radius 1 is 1.00 bits per heavy atom. The number of esters is 1. The molecular formula is C18H16N2O6. The monoisotopic (exact) mass is 356 g/mol. The summed E-state index contributed by atoms with van der Waals surface area (Å²) in [5.74, 6) is -1.61. The molecule has 2 rings (SSSR count). The smallest absolute Gasteiger partial charge is 0.306 e. The number of carbonyl (C=O) groups excluding carboxylic acids is 3. The SMILES string of the molecule is O=C(CCC(=O)OCC(=O)c1cccc([N+](=O)[O-])c1)Nc1ccccc1. The molecule has 0 aliphatic rings. The van der Waals surface area contributed by atoms with Gasteiger partial charge in [0, 0.05) is 29.8 Å². The molecule has 0 radical (unpaired) electrons. The van der Waals surface area contributed by atoms with Gasteiger partial charge in [0.15, 0.2) is 6.61 Å². The number of amides is 1. The second-order valence-electron chi connectivity index (χ2n) is 5.31. The summed E-state index contributed by atoms with van der Waals surface area (Å²) in [6.45, 7) is -0.541. The number of Topliss-reactive ketones (excluding diaryl/α,β-unsaturated/α-hetero) is 1. The van der Waals surface area contributed by atoms with E-state index < -0.39 is 23.3 Å². The van der Waals surface area contributed by atoms with Crippen molar-refractivity contribution in [1.82, 2.24) is 0 Å². The predicted octanol–water partition coefficient (Wildman–Crippen LogP) is 2.74. The van der Waals surface area contributed by atoms with Gasteiger partial charge in [-0.1, -0.05) is 30.3 Å². The number of ether oxygens (including phenoxy) is 1. The average molecular weight is 356 g/mol. The second-order valence-corrected chi connectivity index (χ2v) is 5.31. The second kappa shape index (κ2) is 9.07. The van der Waals surface area contributed by atoms with Crippen molar-refractivity contribution >= 4 is 29.0 Å². The molecule has 1 amide bonds. The van der Waals surface area contributed by atoms with Gasteiger partial charge in [-0.2, -0.15) is 0 Å². The molecule has 134 valence electrons. The summed E-state index contributed by atoms with van der Waals surface area (Å²) in [7, 11) is 0. The molecule has 0 saturated carbocycles. The van der Waals surface area contributed by atoms with Crippen LogP contribution in [-0.2, 0) is 14.3 Å². The van der Waals surface area contributed by atoms with Crippen molar-refractivity contribution in [1.29, 1.82) is 0 Å². The lowest BCUT2D eigenvalue weighted by Gasteiger charge is -2.06. The first-order valence-corrected chi connectivity index (χ1v) is 7.74. The Kier molecular flexibility index (Phi) is 6.55. The molecule has 0 aliphatic heterocycles. The van der Waals surface area contributed by atoms with E-state index in [1.165, 1.54) is 18.2 Å². The molecule has 26 heavy (non-hydrogen) atoms. The largest absolute Gasteiger partial charge is 0.457 e. The molecule has 2 aromatic carbocycles. The Morgan fingerprint density at radius 2 is 1.73 bits per heavy atom. The number of hydrogen-bond donors (Lipinski definition) is 1. The summed E-state index contributed by atoms with van der Waals surface area (Å²) in [4.78, 5) is 45.4. The van der Waals surface area contributed by atoms with Gasteiger partial charge in [0.1, 0.15) is 0 Å². The molecule has 8 nitrogen and oxygen atoms in total. The van der Waals surface area contributed by atoms with Crippen LogP contribution in [0.4, 0.5) is 11.4 Å². The molecule has 0 spiro atoms. The molecule has 0 bridgehead atoms. The molecule has 0 atom stereocenters. The number of hydrogen-bond acceptors (Lipinski definition) is 6. The van der Waals surface area contributed by atoms with Crippen LogP contribution < -0.4 is 5.32 Å². The van der Waals surface area contributed by atoms with Crippen LogP contribution in [-0.4, -0.2) is 29.2 Å². The van der Waals surface area contributed by atoms with Crippen molar-refractivity contribution in [3.8, 4) is 0 Å². The van der Waals surface area contributed by atoms with E-state index in [1.54, 1.807) is 24.3 Å². The highest BCUT2D eigenvalue weighted by molar-refractivity contribution is 5.98. The van der Waals surface area contributed by atoms with Crippen LogP contribution in [0.15, 0.2) is 54.6 Å². The van der Waals surface area contributed by atoms with Crippen molar-refractivity contribution in [3.05, 3.63) is 70.3 Å². The van der Waals surface area contributed by atoms with E-state index in [9.17, 15) is 24.5 Å². The number of para-hydroxylation sites is 1. The molecule has 0 unspecified atom stereocenters. The summed E-state index contributed by atoms with van der Waals surface area (Å²) in [6, 6.07) is 13.9. The van der Waals surface area contributed by atoms with Crippen LogP contribution in [0.25, 0.3) is 0 Å². The first kappa shape index (κ1) is 18.8. The standard InChI is InChI=1S/C18H16N2O6/c21-16(13-5-4-8-15(11-13)20(24)25)12-26-18(23)10-9-17(22)19-14-6-2-1-3-7-14/h1-8,11H,9-10,12H2,(H,19,22). The average Bonchev–Trinajstić information content (AvgIpc) is 2.65. The minimum absolute atomic E-state index is 0.0776. The quantitative estimate of drug-likeness (QED) is 0.336. The Balaban J connectivity index is 1.76. The number of nitro groups is 1. The van der Waals surface area contributed by atoms with E-state index in [0.29, 0.717) is 5.69 Å². The van der Waals surface area contributed by atoms with Gasteiger partial charge in [-0.15, -0.1) is 0 Å². The molecule has 1 N–H and O–H groups in total. The van der Waals surface area contributed by atoms with Gasteiger partial charge in [-0.25, -0.2) is 0 Å². The normalized spacial score (nSPS) is 10.0. The number of rotatable bonds is 8. The van der Waals surface area contributed by atoms with Gasteiger partial charge in [0.2, 0.25) is 11.7 Å². The summed E-state index contributed by atoms with van der Waals surface area (Å²) >= 11 is 0. The zero-order chi connectivity index (χ0) is 18.9. The summed E-state index contributed by atoms with van der Waals surface area (Å²) < 4.78 is 4.82. The van der Waals surface area contributed by atoms with Crippen LogP contribution >= 0.6 is 0 Å². The highest BCUT2D eigenvalue weighted by Crippen LogP contribution is 2.13. The summed E-state index contributed by atoms with van der Waals surface area (Å²) in [5.41, 5.74) is 0.472. The van der Waals surface area contributed by atoms with E-state index in [4.69, 9.17) is 4.74 Å². The topological polar surface area (TPSA) is 116 Å². The lowest BCUT2D eigenvalue weighted by atomic mass is 10.1. The highest BCUT2D eigenvalue weighted by Gasteiger charge is 2.14. The summed E-state index contributed by atoms with van der Waals surface area (Å²) in [6.07, 6.45) is -0.264. The van der Waals surface area contributed by atoms with Crippen molar-refractivity contribution in [3.63, 3.8) is 0 Å². The maximum atomic E-state index is 11.9. The number of carbonyl (C=O) groups is 3. The van der Waals surface area contributed by atoms with Crippen LogP contribution in [0.1, 0.15) is 23.2 Å². The van der Waals surface area contributed by atoms with Gasteiger partial charge in [0.05, 0.1) is 11.3 Å². The first-order chi connectivity index (χ1) is 12.5. The maximum Gasteiger partial charge on any atom is 0.306 e. The van der Waals surface area contributed by atoms with Gasteiger partial charge in [-0.05, 0) is 12.1 Å². The fraction of sp³-hybridized carbons (Fsp3) is 0.167.